The summed E-state index contributed by atoms with van der Waals surface area (Å²) in [5.74, 6) is 0.301. The standard InChI is InChI=1S/C18H24N4O4/c1-4-22(11-15-20-16(26-21-15)8-12(2)3)18(25)13-6-5-7-14(9-13)19-10-17(23)24/h5-7,9,12,19H,4,8,10-11H2,1-3H3,(H,23,24). The third-order valence-electron chi connectivity index (χ3n) is 3.65. The van der Waals surface area contributed by atoms with Gasteiger partial charge in [-0.15, -0.1) is 0 Å². The Morgan fingerprint density at radius 1 is 1.35 bits per heavy atom. The Balaban J connectivity index is 2.07. The van der Waals surface area contributed by atoms with Crippen molar-refractivity contribution in [3.05, 3.63) is 41.5 Å². The highest BCUT2D eigenvalue weighted by atomic mass is 16.5. The van der Waals surface area contributed by atoms with Crippen LogP contribution in [0.4, 0.5) is 5.69 Å². The Kier molecular flexibility index (Phi) is 6.71. The van der Waals surface area contributed by atoms with E-state index in [4.69, 9.17) is 9.63 Å². The number of benzene rings is 1. The number of nitrogens with zero attached hydrogens (tertiary/aromatic N) is 3. The summed E-state index contributed by atoms with van der Waals surface area (Å²) in [6, 6.07) is 6.75. The fraction of sp³-hybridized carbons (Fsp3) is 0.444. The molecule has 0 atom stereocenters. The van der Waals surface area contributed by atoms with Gasteiger partial charge < -0.3 is 19.8 Å². The highest BCUT2D eigenvalue weighted by Gasteiger charge is 2.18. The van der Waals surface area contributed by atoms with E-state index in [-0.39, 0.29) is 19.0 Å². The minimum absolute atomic E-state index is 0.179. The summed E-state index contributed by atoms with van der Waals surface area (Å²) < 4.78 is 5.22. The van der Waals surface area contributed by atoms with Gasteiger partial charge in [-0.2, -0.15) is 4.98 Å². The molecule has 2 N–H and O–H groups in total. The fourth-order valence-electron chi connectivity index (χ4n) is 2.41. The lowest BCUT2D eigenvalue weighted by Gasteiger charge is -2.19. The second-order valence-corrected chi connectivity index (χ2v) is 6.35. The van der Waals surface area contributed by atoms with Gasteiger partial charge in [0, 0.05) is 24.2 Å². The largest absolute Gasteiger partial charge is 0.480 e. The lowest BCUT2D eigenvalue weighted by Crippen LogP contribution is -2.30. The molecule has 1 aromatic heterocycles. The number of rotatable bonds is 9. The van der Waals surface area contributed by atoms with Gasteiger partial charge in [0.15, 0.2) is 5.82 Å². The first-order chi connectivity index (χ1) is 12.4. The van der Waals surface area contributed by atoms with E-state index in [9.17, 15) is 9.59 Å². The van der Waals surface area contributed by atoms with Gasteiger partial charge >= 0.3 is 5.97 Å². The molecule has 1 aromatic carbocycles. The number of carboxylic acid groups (broad SMARTS) is 1. The van der Waals surface area contributed by atoms with Crippen LogP contribution in [0.2, 0.25) is 0 Å². The molecule has 0 aliphatic rings. The summed E-state index contributed by atoms with van der Waals surface area (Å²) >= 11 is 0. The lowest BCUT2D eigenvalue weighted by atomic mass is 10.1. The number of nitrogens with one attached hydrogen (secondary N) is 1. The number of amides is 1. The molecule has 1 amide bonds. The minimum Gasteiger partial charge on any atom is -0.480 e. The Morgan fingerprint density at radius 3 is 2.77 bits per heavy atom. The quantitative estimate of drug-likeness (QED) is 0.707. The van der Waals surface area contributed by atoms with Crippen molar-refractivity contribution in [3.8, 4) is 0 Å². The van der Waals surface area contributed by atoms with E-state index in [0.29, 0.717) is 41.8 Å². The van der Waals surface area contributed by atoms with Crippen LogP contribution in [0.5, 0.6) is 0 Å². The molecule has 0 bridgehead atoms. The summed E-state index contributed by atoms with van der Waals surface area (Å²) in [5, 5.41) is 15.4. The van der Waals surface area contributed by atoms with Gasteiger partial charge in [0.25, 0.3) is 5.91 Å². The molecule has 0 saturated heterocycles. The molecule has 0 aliphatic carbocycles. The number of hydrogen-bond donors (Lipinski definition) is 2. The zero-order valence-electron chi connectivity index (χ0n) is 15.2. The Bertz CT molecular complexity index is 757. The first-order valence-electron chi connectivity index (χ1n) is 8.55. The van der Waals surface area contributed by atoms with Crippen LogP contribution >= 0.6 is 0 Å². The smallest absolute Gasteiger partial charge is 0.322 e. The SMILES string of the molecule is CCN(Cc1noc(CC(C)C)n1)C(=O)c1cccc(NCC(=O)O)c1. The van der Waals surface area contributed by atoms with Crippen LogP contribution in [0.25, 0.3) is 0 Å². The number of aliphatic carboxylic acids is 1. The molecule has 8 nitrogen and oxygen atoms in total. The summed E-state index contributed by atoms with van der Waals surface area (Å²) in [5.41, 5.74) is 1.04. The molecule has 0 spiro atoms. The van der Waals surface area contributed by atoms with Gasteiger partial charge in [0.1, 0.15) is 6.54 Å². The second kappa shape index (κ2) is 8.98. The molecule has 8 heteroatoms. The van der Waals surface area contributed by atoms with Crippen molar-refractivity contribution in [2.45, 2.75) is 33.7 Å². The van der Waals surface area contributed by atoms with E-state index in [1.54, 1.807) is 29.2 Å². The Morgan fingerprint density at radius 2 is 2.12 bits per heavy atom. The Labute approximate surface area is 152 Å². The molecule has 0 aliphatic heterocycles. The predicted molar refractivity (Wildman–Crippen MR) is 95.8 cm³/mol. The molecule has 2 rings (SSSR count). The van der Waals surface area contributed by atoms with Crippen LogP contribution < -0.4 is 5.32 Å². The third kappa shape index (κ3) is 5.58. The maximum Gasteiger partial charge on any atom is 0.322 e. The number of aromatic nitrogens is 2. The van der Waals surface area contributed by atoms with Gasteiger partial charge in [-0.05, 0) is 31.0 Å². The van der Waals surface area contributed by atoms with Crippen molar-refractivity contribution in [1.82, 2.24) is 15.0 Å². The highest BCUT2D eigenvalue weighted by Crippen LogP contribution is 2.14. The molecule has 0 fully saturated rings. The van der Waals surface area contributed by atoms with Crippen LogP contribution in [0.1, 0.15) is 42.8 Å². The van der Waals surface area contributed by atoms with Crippen molar-refractivity contribution in [1.29, 1.82) is 0 Å². The van der Waals surface area contributed by atoms with Gasteiger partial charge in [0.2, 0.25) is 5.89 Å². The zero-order valence-corrected chi connectivity index (χ0v) is 15.2. The molecule has 2 aromatic rings. The summed E-state index contributed by atoms with van der Waals surface area (Å²) in [7, 11) is 0. The van der Waals surface area contributed by atoms with Crippen LogP contribution in [0.15, 0.2) is 28.8 Å². The van der Waals surface area contributed by atoms with Gasteiger partial charge in [0.05, 0.1) is 6.54 Å². The first-order valence-corrected chi connectivity index (χ1v) is 8.55. The van der Waals surface area contributed by atoms with Crippen LogP contribution in [0, 0.1) is 5.92 Å². The van der Waals surface area contributed by atoms with Gasteiger partial charge in [-0.25, -0.2) is 0 Å². The molecular weight excluding hydrogens is 336 g/mol. The topological polar surface area (TPSA) is 109 Å². The minimum atomic E-state index is -0.966. The van der Waals surface area contributed by atoms with E-state index < -0.39 is 5.97 Å². The molecule has 0 radical (unpaired) electrons. The van der Waals surface area contributed by atoms with E-state index in [0.717, 1.165) is 0 Å². The maximum atomic E-state index is 12.8. The fourth-order valence-corrected chi connectivity index (χ4v) is 2.41. The average molecular weight is 360 g/mol. The normalized spacial score (nSPS) is 10.8. The molecule has 1 heterocycles. The highest BCUT2D eigenvalue weighted by molar-refractivity contribution is 5.95. The van der Waals surface area contributed by atoms with Crippen molar-refractivity contribution in [2.24, 2.45) is 5.92 Å². The monoisotopic (exact) mass is 360 g/mol. The van der Waals surface area contributed by atoms with Crippen molar-refractivity contribution in [2.75, 3.05) is 18.4 Å². The van der Waals surface area contributed by atoms with Crippen LogP contribution in [-0.4, -0.2) is 45.1 Å². The number of carbonyl (C=O) groups excluding carboxylic acids is 1. The van der Waals surface area contributed by atoms with Gasteiger partial charge in [-0.1, -0.05) is 25.1 Å². The number of carbonyl (C=O) groups is 2. The molecule has 0 unspecified atom stereocenters. The van der Waals surface area contributed by atoms with E-state index in [2.05, 4.69) is 29.3 Å². The second-order valence-electron chi connectivity index (χ2n) is 6.35. The molecule has 0 saturated carbocycles. The average Bonchev–Trinajstić information content (AvgIpc) is 3.03. The summed E-state index contributed by atoms with van der Waals surface area (Å²) in [6.45, 7) is 6.54. The van der Waals surface area contributed by atoms with Crippen LogP contribution in [0.3, 0.4) is 0 Å². The summed E-state index contributed by atoms with van der Waals surface area (Å²) in [4.78, 5) is 29.4. The van der Waals surface area contributed by atoms with E-state index in [1.807, 2.05) is 6.92 Å². The predicted octanol–water partition coefficient (Wildman–Crippen LogP) is 2.43. The van der Waals surface area contributed by atoms with E-state index in [1.165, 1.54) is 0 Å². The zero-order chi connectivity index (χ0) is 19.1. The van der Waals surface area contributed by atoms with Crippen LogP contribution in [-0.2, 0) is 17.8 Å². The molecule has 140 valence electrons. The van der Waals surface area contributed by atoms with Crippen molar-refractivity contribution >= 4 is 17.6 Å². The van der Waals surface area contributed by atoms with Gasteiger partial charge in [-0.3, -0.25) is 9.59 Å². The first kappa shape index (κ1) is 19.4. The number of anilines is 1. The Hall–Kier alpha value is -2.90. The van der Waals surface area contributed by atoms with Crippen molar-refractivity contribution < 1.29 is 19.2 Å². The summed E-state index contributed by atoms with van der Waals surface area (Å²) in [6.07, 6.45) is 0.699. The number of hydrogen-bond acceptors (Lipinski definition) is 6. The van der Waals surface area contributed by atoms with Crippen molar-refractivity contribution in [3.63, 3.8) is 0 Å². The molecule has 26 heavy (non-hydrogen) atoms. The third-order valence-corrected chi connectivity index (χ3v) is 3.65. The molecular formula is C18H24N4O4. The maximum absolute atomic E-state index is 12.8. The van der Waals surface area contributed by atoms with E-state index >= 15 is 0 Å². The lowest BCUT2D eigenvalue weighted by molar-refractivity contribution is -0.134. The number of carboxylic acids is 1.